The summed E-state index contributed by atoms with van der Waals surface area (Å²) in [6, 6.07) is 20.9. The van der Waals surface area contributed by atoms with Gasteiger partial charge in [-0.15, -0.1) is 0 Å². The number of anilines is 1. The molecule has 3 rings (SSSR count). The monoisotopic (exact) mass is 443 g/mol. The molecule has 0 unspecified atom stereocenters. The van der Waals surface area contributed by atoms with E-state index in [1.165, 1.54) is 6.08 Å². The zero-order valence-electron chi connectivity index (χ0n) is 18.4. The molecule has 3 amide bonds. The van der Waals surface area contributed by atoms with Crippen LogP contribution >= 0.6 is 0 Å². The highest BCUT2D eigenvalue weighted by Gasteiger charge is 2.09. The Hall–Kier alpha value is -4.39. The van der Waals surface area contributed by atoms with Crippen LogP contribution in [-0.2, 0) is 4.79 Å². The van der Waals surface area contributed by atoms with E-state index in [9.17, 15) is 14.4 Å². The molecule has 3 N–H and O–H groups in total. The van der Waals surface area contributed by atoms with Crippen LogP contribution in [0.3, 0.4) is 0 Å². The maximum Gasteiger partial charge on any atom is 0.269 e. The van der Waals surface area contributed by atoms with E-state index in [-0.39, 0.29) is 5.91 Å². The van der Waals surface area contributed by atoms with Crippen molar-refractivity contribution in [2.75, 3.05) is 11.9 Å². The van der Waals surface area contributed by atoms with Gasteiger partial charge in [0.25, 0.3) is 17.7 Å². The molecule has 0 saturated heterocycles. The minimum Gasteiger partial charge on any atom is -0.494 e. The van der Waals surface area contributed by atoms with Gasteiger partial charge in [0.05, 0.1) is 6.61 Å². The molecule has 0 bridgehead atoms. The van der Waals surface area contributed by atoms with Crippen LogP contribution in [-0.4, -0.2) is 24.3 Å². The van der Waals surface area contributed by atoms with E-state index in [2.05, 4.69) is 16.2 Å². The van der Waals surface area contributed by atoms with Gasteiger partial charge in [-0.1, -0.05) is 29.8 Å². The molecule has 7 heteroatoms. The van der Waals surface area contributed by atoms with E-state index in [0.717, 1.165) is 16.9 Å². The summed E-state index contributed by atoms with van der Waals surface area (Å²) in [7, 11) is 0. The Labute approximate surface area is 192 Å². The van der Waals surface area contributed by atoms with Crippen molar-refractivity contribution in [3.63, 3.8) is 0 Å². The third-order valence-corrected chi connectivity index (χ3v) is 4.60. The topological polar surface area (TPSA) is 96.5 Å². The van der Waals surface area contributed by atoms with Crippen molar-refractivity contribution in [3.05, 3.63) is 101 Å². The van der Waals surface area contributed by atoms with Crippen molar-refractivity contribution in [2.24, 2.45) is 0 Å². The lowest BCUT2D eigenvalue weighted by atomic mass is 10.1. The van der Waals surface area contributed by atoms with Crippen LogP contribution in [0.2, 0.25) is 0 Å². The number of hydrogen-bond donors (Lipinski definition) is 3. The number of nitrogens with one attached hydrogen (secondary N) is 3. The molecule has 0 aromatic heterocycles. The molecule has 0 radical (unpaired) electrons. The van der Waals surface area contributed by atoms with Crippen molar-refractivity contribution < 1.29 is 19.1 Å². The fourth-order valence-electron chi connectivity index (χ4n) is 2.94. The number of carbonyl (C=O) groups excluding carboxylic acids is 3. The van der Waals surface area contributed by atoms with Gasteiger partial charge in [-0.2, -0.15) is 0 Å². The number of carbonyl (C=O) groups is 3. The highest BCUT2D eigenvalue weighted by Crippen LogP contribution is 2.14. The molecule has 0 fully saturated rings. The first-order valence-corrected chi connectivity index (χ1v) is 10.4. The SMILES string of the molecule is CCOc1ccc(/C=C/C(=O)NNC(=O)c2ccc(NC(=O)c3cccc(C)c3)cc2)cc1. The molecule has 3 aromatic carbocycles. The predicted molar refractivity (Wildman–Crippen MR) is 128 cm³/mol. The Kier molecular flexibility index (Phi) is 7.96. The lowest BCUT2D eigenvalue weighted by molar-refractivity contribution is -0.117. The number of hydrazine groups is 1. The molecular formula is C26H25N3O4. The summed E-state index contributed by atoms with van der Waals surface area (Å²) < 4.78 is 5.37. The van der Waals surface area contributed by atoms with Crippen LogP contribution in [0, 0.1) is 6.92 Å². The Morgan fingerprint density at radius 3 is 2.24 bits per heavy atom. The summed E-state index contributed by atoms with van der Waals surface area (Å²) in [5.41, 5.74) is 7.95. The van der Waals surface area contributed by atoms with Gasteiger partial charge in [0.15, 0.2) is 0 Å². The summed E-state index contributed by atoms with van der Waals surface area (Å²) in [5.74, 6) is -0.428. The van der Waals surface area contributed by atoms with Gasteiger partial charge in [0.2, 0.25) is 0 Å². The molecular weight excluding hydrogens is 418 g/mol. The molecule has 0 aliphatic heterocycles. The van der Waals surface area contributed by atoms with Gasteiger partial charge < -0.3 is 10.1 Å². The summed E-state index contributed by atoms with van der Waals surface area (Å²) in [6.45, 7) is 4.41. The number of hydrogen-bond acceptors (Lipinski definition) is 4. The van der Waals surface area contributed by atoms with Crippen molar-refractivity contribution in [2.45, 2.75) is 13.8 Å². The van der Waals surface area contributed by atoms with Gasteiger partial charge in [0, 0.05) is 22.9 Å². The van der Waals surface area contributed by atoms with E-state index in [1.54, 1.807) is 42.5 Å². The second kappa shape index (κ2) is 11.3. The Balaban J connectivity index is 1.48. The van der Waals surface area contributed by atoms with E-state index in [0.29, 0.717) is 23.4 Å². The van der Waals surface area contributed by atoms with Crippen LogP contribution in [0.5, 0.6) is 5.75 Å². The molecule has 0 saturated carbocycles. The zero-order valence-corrected chi connectivity index (χ0v) is 18.4. The van der Waals surface area contributed by atoms with Crippen LogP contribution < -0.4 is 20.9 Å². The molecule has 0 heterocycles. The van der Waals surface area contributed by atoms with Crippen LogP contribution in [0.4, 0.5) is 5.69 Å². The summed E-state index contributed by atoms with van der Waals surface area (Å²) in [4.78, 5) is 36.6. The second-order valence-electron chi connectivity index (χ2n) is 7.18. The first-order chi connectivity index (χ1) is 15.9. The van der Waals surface area contributed by atoms with Crippen molar-refractivity contribution in [1.29, 1.82) is 0 Å². The number of rotatable bonds is 7. The molecule has 168 valence electrons. The average molecular weight is 444 g/mol. The van der Waals surface area contributed by atoms with Crippen molar-refractivity contribution in [3.8, 4) is 5.75 Å². The normalized spacial score (nSPS) is 10.5. The van der Waals surface area contributed by atoms with E-state index < -0.39 is 11.8 Å². The number of amides is 3. The smallest absolute Gasteiger partial charge is 0.269 e. The van der Waals surface area contributed by atoms with Crippen LogP contribution in [0.15, 0.2) is 78.9 Å². The summed E-state index contributed by atoms with van der Waals surface area (Å²) in [6.07, 6.45) is 2.95. The van der Waals surface area contributed by atoms with Gasteiger partial charge in [-0.05, 0) is 74.0 Å². The zero-order chi connectivity index (χ0) is 23.6. The maximum atomic E-state index is 12.3. The minimum atomic E-state index is -0.477. The Bertz CT molecular complexity index is 1150. The van der Waals surface area contributed by atoms with Gasteiger partial charge in [-0.25, -0.2) is 0 Å². The number of aryl methyl sites for hydroxylation is 1. The van der Waals surface area contributed by atoms with Crippen LogP contribution in [0.1, 0.15) is 38.8 Å². The maximum absolute atomic E-state index is 12.3. The molecule has 33 heavy (non-hydrogen) atoms. The minimum absolute atomic E-state index is 0.234. The van der Waals surface area contributed by atoms with E-state index >= 15 is 0 Å². The first kappa shape index (κ1) is 23.3. The van der Waals surface area contributed by atoms with Gasteiger partial charge >= 0.3 is 0 Å². The molecule has 0 spiro atoms. The molecule has 0 aliphatic carbocycles. The fraction of sp³-hybridized carbons (Fsp3) is 0.115. The lowest BCUT2D eigenvalue weighted by Crippen LogP contribution is -2.40. The third-order valence-electron chi connectivity index (χ3n) is 4.60. The molecule has 0 aliphatic rings. The predicted octanol–water partition coefficient (Wildman–Crippen LogP) is 4.12. The summed E-state index contributed by atoms with van der Waals surface area (Å²) in [5, 5.41) is 2.79. The van der Waals surface area contributed by atoms with Crippen molar-refractivity contribution >= 4 is 29.5 Å². The molecule has 3 aromatic rings. The number of benzene rings is 3. The van der Waals surface area contributed by atoms with Gasteiger partial charge in [0.1, 0.15) is 5.75 Å². The second-order valence-corrected chi connectivity index (χ2v) is 7.18. The van der Waals surface area contributed by atoms with E-state index in [1.807, 2.05) is 50.2 Å². The van der Waals surface area contributed by atoms with Crippen molar-refractivity contribution in [1.82, 2.24) is 10.9 Å². The highest BCUT2D eigenvalue weighted by molar-refractivity contribution is 6.04. The standard InChI is InChI=1S/C26H25N3O4/c1-3-33-23-14-7-19(8-15-23)9-16-24(30)28-29-26(32)20-10-12-22(13-11-20)27-25(31)21-6-4-5-18(2)17-21/h4-17H,3H2,1-2H3,(H,27,31)(H,28,30)(H,29,32)/b16-9+. The highest BCUT2D eigenvalue weighted by atomic mass is 16.5. The van der Waals surface area contributed by atoms with Crippen LogP contribution in [0.25, 0.3) is 6.08 Å². The fourth-order valence-corrected chi connectivity index (χ4v) is 2.94. The summed E-state index contributed by atoms with van der Waals surface area (Å²) >= 11 is 0. The average Bonchev–Trinajstić information content (AvgIpc) is 2.82. The quantitative estimate of drug-likeness (QED) is 0.378. The lowest BCUT2D eigenvalue weighted by Gasteiger charge is -2.08. The third kappa shape index (κ3) is 7.07. The Morgan fingerprint density at radius 2 is 1.58 bits per heavy atom. The first-order valence-electron chi connectivity index (χ1n) is 10.4. The Morgan fingerprint density at radius 1 is 0.848 bits per heavy atom. The molecule has 7 nitrogen and oxygen atoms in total. The number of ether oxygens (including phenoxy) is 1. The largest absolute Gasteiger partial charge is 0.494 e. The van der Waals surface area contributed by atoms with Gasteiger partial charge in [-0.3, -0.25) is 25.2 Å². The molecule has 0 atom stereocenters. The van der Waals surface area contributed by atoms with E-state index in [4.69, 9.17) is 4.74 Å².